The van der Waals surface area contributed by atoms with Gasteiger partial charge in [0.05, 0.1) is 0 Å². The summed E-state index contributed by atoms with van der Waals surface area (Å²) in [7, 11) is 0. The lowest BCUT2D eigenvalue weighted by molar-refractivity contribution is -0.143. The van der Waals surface area contributed by atoms with Gasteiger partial charge in [0.25, 0.3) is 0 Å². The molecule has 1 aliphatic rings. The molecule has 0 spiro atoms. The van der Waals surface area contributed by atoms with Crippen molar-refractivity contribution in [2.75, 3.05) is 6.61 Å². The Morgan fingerprint density at radius 2 is 2.15 bits per heavy atom. The second-order valence-corrected chi connectivity index (χ2v) is 2.53. The van der Waals surface area contributed by atoms with E-state index >= 15 is 0 Å². The van der Waals surface area contributed by atoms with E-state index in [1.807, 2.05) is 0 Å². The lowest BCUT2D eigenvalue weighted by Crippen LogP contribution is -2.26. The van der Waals surface area contributed by atoms with Crippen LogP contribution in [0.15, 0.2) is 0 Å². The molecule has 1 saturated heterocycles. The smallest absolute Gasteiger partial charge is 0.462 e. The van der Waals surface area contributed by atoms with Gasteiger partial charge in [-0.2, -0.15) is 0 Å². The van der Waals surface area contributed by atoms with Crippen LogP contribution in [-0.4, -0.2) is 30.9 Å². The molecular weight excluding hydrogens is 176 g/mol. The van der Waals surface area contributed by atoms with E-state index in [-0.39, 0.29) is 20.1 Å². The van der Waals surface area contributed by atoms with E-state index in [9.17, 15) is 9.59 Å². The predicted octanol–water partition coefficient (Wildman–Crippen LogP) is 1.11. The van der Waals surface area contributed by atoms with Crippen molar-refractivity contribution in [2.45, 2.75) is 33.5 Å². The molecule has 0 aliphatic carbocycles. The van der Waals surface area contributed by atoms with Crippen LogP contribution >= 0.6 is 0 Å². The SMILES string of the molecule is C.CC(=O)OCC1OC(=O)OC1C. The van der Waals surface area contributed by atoms with Crippen molar-refractivity contribution < 1.29 is 23.8 Å². The third-order valence-corrected chi connectivity index (χ3v) is 1.50. The Kier molecular flexibility index (Phi) is 4.23. The van der Waals surface area contributed by atoms with Crippen LogP contribution in [0.1, 0.15) is 21.3 Å². The van der Waals surface area contributed by atoms with Gasteiger partial charge in [0.2, 0.25) is 0 Å². The Labute approximate surface area is 77.0 Å². The molecule has 0 aromatic carbocycles. The lowest BCUT2D eigenvalue weighted by atomic mass is 10.2. The second kappa shape index (κ2) is 4.69. The fourth-order valence-corrected chi connectivity index (χ4v) is 0.844. The molecule has 1 rings (SSSR count). The summed E-state index contributed by atoms with van der Waals surface area (Å²) in [6.07, 6.45) is -1.53. The van der Waals surface area contributed by atoms with E-state index in [1.165, 1.54) is 6.92 Å². The van der Waals surface area contributed by atoms with Gasteiger partial charge >= 0.3 is 12.1 Å². The summed E-state index contributed by atoms with van der Waals surface area (Å²) in [6, 6.07) is 0. The molecule has 5 heteroatoms. The standard InChI is InChI=1S/C7H10O5.CH4/c1-4-6(3-10-5(2)8)12-7(9)11-4;/h4,6H,3H2,1-2H3;1H4. The fraction of sp³-hybridized carbons (Fsp3) is 0.750. The van der Waals surface area contributed by atoms with Crippen molar-refractivity contribution in [1.82, 2.24) is 0 Å². The summed E-state index contributed by atoms with van der Waals surface area (Å²) in [5, 5.41) is 0. The zero-order valence-corrected chi connectivity index (χ0v) is 6.90. The van der Waals surface area contributed by atoms with Gasteiger partial charge in [-0.1, -0.05) is 7.43 Å². The van der Waals surface area contributed by atoms with E-state index in [4.69, 9.17) is 0 Å². The second-order valence-electron chi connectivity index (χ2n) is 2.53. The first-order valence-corrected chi connectivity index (χ1v) is 3.60. The summed E-state index contributed by atoms with van der Waals surface area (Å²) in [5.41, 5.74) is 0. The molecule has 0 saturated carbocycles. The van der Waals surface area contributed by atoms with E-state index in [1.54, 1.807) is 6.92 Å². The van der Waals surface area contributed by atoms with Crippen LogP contribution in [0.4, 0.5) is 4.79 Å². The zero-order chi connectivity index (χ0) is 9.14. The molecule has 2 atom stereocenters. The molecule has 0 radical (unpaired) electrons. The van der Waals surface area contributed by atoms with Crippen molar-refractivity contribution in [3.8, 4) is 0 Å². The molecule has 1 aliphatic heterocycles. The minimum absolute atomic E-state index is 0. The lowest BCUT2D eigenvalue weighted by Gasteiger charge is -2.09. The van der Waals surface area contributed by atoms with Gasteiger partial charge in [0, 0.05) is 6.92 Å². The van der Waals surface area contributed by atoms with Crippen LogP contribution in [0.5, 0.6) is 0 Å². The minimum atomic E-state index is -0.709. The van der Waals surface area contributed by atoms with Gasteiger partial charge in [-0.15, -0.1) is 0 Å². The highest BCUT2D eigenvalue weighted by molar-refractivity contribution is 5.66. The quantitative estimate of drug-likeness (QED) is 0.610. The Morgan fingerprint density at radius 1 is 1.54 bits per heavy atom. The highest BCUT2D eigenvalue weighted by Gasteiger charge is 2.33. The van der Waals surface area contributed by atoms with Crippen LogP contribution in [-0.2, 0) is 19.0 Å². The molecule has 5 nitrogen and oxygen atoms in total. The maximum atomic E-state index is 10.5. The first-order valence-electron chi connectivity index (χ1n) is 3.60. The van der Waals surface area contributed by atoms with E-state index in [2.05, 4.69) is 14.2 Å². The summed E-state index contributed by atoms with van der Waals surface area (Å²) in [5.74, 6) is -0.398. The van der Waals surface area contributed by atoms with Gasteiger partial charge < -0.3 is 14.2 Å². The highest BCUT2D eigenvalue weighted by Crippen LogP contribution is 2.14. The van der Waals surface area contributed by atoms with Crippen molar-refractivity contribution in [1.29, 1.82) is 0 Å². The topological polar surface area (TPSA) is 61.8 Å². The molecule has 0 aromatic heterocycles. The third kappa shape index (κ3) is 3.31. The van der Waals surface area contributed by atoms with Crippen LogP contribution in [0, 0.1) is 0 Å². The number of ether oxygens (including phenoxy) is 3. The maximum Gasteiger partial charge on any atom is 0.509 e. The highest BCUT2D eigenvalue weighted by atomic mass is 16.8. The Hall–Kier alpha value is -1.26. The summed E-state index contributed by atoms with van der Waals surface area (Å²) < 4.78 is 14.0. The number of cyclic esters (lactones) is 2. The number of hydrogen-bond acceptors (Lipinski definition) is 5. The molecular formula is C8H14O5. The molecule has 1 fully saturated rings. The van der Waals surface area contributed by atoms with Crippen molar-refractivity contribution in [2.24, 2.45) is 0 Å². The van der Waals surface area contributed by atoms with Crippen LogP contribution in [0.25, 0.3) is 0 Å². The number of esters is 1. The van der Waals surface area contributed by atoms with Crippen LogP contribution in [0.3, 0.4) is 0 Å². The van der Waals surface area contributed by atoms with Crippen LogP contribution < -0.4 is 0 Å². The van der Waals surface area contributed by atoms with Crippen LogP contribution in [0.2, 0.25) is 0 Å². The molecule has 0 amide bonds. The average molecular weight is 190 g/mol. The summed E-state index contributed by atoms with van der Waals surface area (Å²) in [4.78, 5) is 20.9. The number of rotatable bonds is 2. The van der Waals surface area contributed by atoms with Crippen molar-refractivity contribution >= 4 is 12.1 Å². The molecule has 13 heavy (non-hydrogen) atoms. The number of carbonyl (C=O) groups excluding carboxylic acids is 2. The molecule has 0 bridgehead atoms. The van der Waals surface area contributed by atoms with Crippen molar-refractivity contribution in [3.63, 3.8) is 0 Å². The summed E-state index contributed by atoms with van der Waals surface area (Å²) in [6.45, 7) is 3.03. The number of hydrogen-bond donors (Lipinski definition) is 0. The Bertz CT molecular complexity index is 201. The average Bonchev–Trinajstić information content (AvgIpc) is 2.26. The van der Waals surface area contributed by atoms with Gasteiger partial charge in [0.15, 0.2) is 6.10 Å². The van der Waals surface area contributed by atoms with E-state index in [0.29, 0.717) is 0 Å². The fourth-order valence-electron chi connectivity index (χ4n) is 0.844. The maximum absolute atomic E-state index is 10.5. The predicted molar refractivity (Wildman–Crippen MR) is 44.2 cm³/mol. The Balaban J connectivity index is 0.00000144. The Morgan fingerprint density at radius 3 is 2.54 bits per heavy atom. The molecule has 1 heterocycles. The van der Waals surface area contributed by atoms with Gasteiger partial charge in [-0.25, -0.2) is 4.79 Å². The van der Waals surface area contributed by atoms with Gasteiger partial charge in [0.1, 0.15) is 12.7 Å². The minimum Gasteiger partial charge on any atom is -0.462 e. The third-order valence-electron chi connectivity index (χ3n) is 1.50. The van der Waals surface area contributed by atoms with Gasteiger partial charge in [-0.05, 0) is 6.92 Å². The van der Waals surface area contributed by atoms with Crippen molar-refractivity contribution in [3.05, 3.63) is 0 Å². The normalized spacial score (nSPS) is 25.5. The van der Waals surface area contributed by atoms with Gasteiger partial charge in [-0.3, -0.25) is 4.79 Å². The largest absolute Gasteiger partial charge is 0.509 e. The van der Waals surface area contributed by atoms with E-state index in [0.717, 1.165) is 0 Å². The number of carbonyl (C=O) groups is 2. The first kappa shape index (κ1) is 11.7. The first-order chi connectivity index (χ1) is 5.59. The molecule has 2 unspecified atom stereocenters. The van der Waals surface area contributed by atoms with E-state index < -0.39 is 18.2 Å². The summed E-state index contributed by atoms with van der Waals surface area (Å²) >= 11 is 0. The molecule has 0 aromatic rings. The molecule has 0 N–H and O–H groups in total. The molecule has 76 valence electrons. The zero-order valence-electron chi connectivity index (χ0n) is 6.90. The monoisotopic (exact) mass is 190 g/mol.